The number of aromatic nitrogens is 2. The summed E-state index contributed by atoms with van der Waals surface area (Å²) >= 11 is 0. The lowest BCUT2D eigenvalue weighted by molar-refractivity contribution is 0.147. The van der Waals surface area contributed by atoms with Gasteiger partial charge in [-0.15, -0.1) is 0 Å². The minimum Gasteiger partial charge on any atom is -0.382 e. The molecule has 0 aliphatic carbocycles. The summed E-state index contributed by atoms with van der Waals surface area (Å²) in [5, 5.41) is 3.30. The molecule has 0 saturated carbocycles. The van der Waals surface area contributed by atoms with Crippen molar-refractivity contribution in [3.05, 3.63) is 41.5 Å². The Morgan fingerprint density at radius 1 is 1.33 bits per heavy atom. The molecule has 1 aromatic heterocycles. The van der Waals surface area contributed by atoms with E-state index in [9.17, 15) is 4.39 Å². The van der Waals surface area contributed by atoms with E-state index < -0.39 is 0 Å². The number of aryl methyl sites for hydroxylation is 2. The molecule has 2 rings (SSSR count). The fourth-order valence-corrected chi connectivity index (χ4v) is 2.12. The lowest BCUT2D eigenvalue weighted by Gasteiger charge is -2.10. The molecule has 0 aliphatic heterocycles. The Labute approximate surface area is 125 Å². The summed E-state index contributed by atoms with van der Waals surface area (Å²) in [6.45, 7) is 7.95. The van der Waals surface area contributed by atoms with Crippen molar-refractivity contribution >= 4 is 5.95 Å². The topological polar surface area (TPSA) is 39.1 Å². The number of imidazole rings is 1. The third-order valence-corrected chi connectivity index (χ3v) is 3.20. The highest BCUT2D eigenvalue weighted by Crippen LogP contribution is 2.19. The molecule has 5 heteroatoms. The lowest BCUT2D eigenvalue weighted by Crippen LogP contribution is -2.10. The van der Waals surface area contributed by atoms with Gasteiger partial charge in [0.15, 0.2) is 0 Å². The van der Waals surface area contributed by atoms with Crippen molar-refractivity contribution in [2.24, 2.45) is 0 Å². The maximum atomic E-state index is 13.4. The summed E-state index contributed by atoms with van der Waals surface area (Å²) < 4.78 is 20.6. The molecule has 2 aromatic rings. The van der Waals surface area contributed by atoms with Crippen LogP contribution in [0, 0.1) is 19.7 Å². The van der Waals surface area contributed by atoms with Gasteiger partial charge in [0.2, 0.25) is 5.95 Å². The summed E-state index contributed by atoms with van der Waals surface area (Å²) in [6.07, 6.45) is 2.86. The summed E-state index contributed by atoms with van der Waals surface area (Å²) in [5.41, 5.74) is 2.45. The second-order valence-electron chi connectivity index (χ2n) is 4.99. The van der Waals surface area contributed by atoms with Crippen molar-refractivity contribution in [3.8, 4) is 5.69 Å². The zero-order valence-corrected chi connectivity index (χ0v) is 12.8. The molecule has 0 aliphatic rings. The molecule has 0 fully saturated rings. The Hall–Kier alpha value is -1.88. The number of anilines is 1. The van der Waals surface area contributed by atoms with Gasteiger partial charge >= 0.3 is 0 Å². The van der Waals surface area contributed by atoms with Gasteiger partial charge in [-0.25, -0.2) is 9.37 Å². The van der Waals surface area contributed by atoms with Crippen LogP contribution >= 0.6 is 0 Å². The molecular formula is C16H22FN3O. The van der Waals surface area contributed by atoms with Crippen LogP contribution < -0.4 is 5.32 Å². The third-order valence-electron chi connectivity index (χ3n) is 3.20. The molecule has 4 nitrogen and oxygen atoms in total. The lowest BCUT2D eigenvalue weighted by atomic mass is 10.2. The predicted octanol–water partition coefficient (Wildman–Crippen LogP) is 3.47. The summed E-state index contributed by atoms with van der Waals surface area (Å²) in [4.78, 5) is 4.47. The molecule has 1 heterocycles. The van der Waals surface area contributed by atoms with Gasteiger partial charge in [0.1, 0.15) is 5.82 Å². The van der Waals surface area contributed by atoms with Crippen LogP contribution in [0.5, 0.6) is 0 Å². The molecule has 0 saturated heterocycles. The fraction of sp³-hybridized carbons (Fsp3) is 0.438. The molecule has 114 valence electrons. The van der Waals surface area contributed by atoms with Crippen LogP contribution in [-0.4, -0.2) is 29.3 Å². The molecule has 1 aromatic carbocycles. The van der Waals surface area contributed by atoms with Crippen molar-refractivity contribution < 1.29 is 9.13 Å². The normalized spacial score (nSPS) is 10.9. The summed E-state index contributed by atoms with van der Waals surface area (Å²) in [5.74, 6) is 0.580. The van der Waals surface area contributed by atoms with Crippen LogP contribution in [0.15, 0.2) is 24.4 Å². The first-order valence-corrected chi connectivity index (χ1v) is 7.26. The van der Waals surface area contributed by atoms with E-state index >= 15 is 0 Å². The van der Waals surface area contributed by atoms with E-state index in [0.29, 0.717) is 5.56 Å². The van der Waals surface area contributed by atoms with Crippen molar-refractivity contribution in [3.63, 3.8) is 0 Å². The van der Waals surface area contributed by atoms with E-state index in [1.54, 1.807) is 13.0 Å². The van der Waals surface area contributed by atoms with Gasteiger partial charge in [0.05, 0.1) is 5.69 Å². The van der Waals surface area contributed by atoms with Crippen LogP contribution in [0.3, 0.4) is 0 Å². The van der Waals surface area contributed by atoms with Crippen LogP contribution in [0.4, 0.5) is 10.3 Å². The highest BCUT2D eigenvalue weighted by molar-refractivity contribution is 5.44. The van der Waals surface area contributed by atoms with Gasteiger partial charge in [-0.05, 0) is 51.0 Å². The smallest absolute Gasteiger partial charge is 0.207 e. The van der Waals surface area contributed by atoms with Gasteiger partial charge in [0, 0.05) is 31.6 Å². The Kier molecular flexibility index (Phi) is 5.33. The minimum atomic E-state index is -0.193. The number of benzene rings is 1. The van der Waals surface area contributed by atoms with Gasteiger partial charge in [-0.1, -0.05) is 0 Å². The molecule has 21 heavy (non-hydrogen) atoms. The zero-order chi connectivity index (χ0) is 15.2. The van der Waals surface area contributed by atoms with E-state index in [1.807, 2.05) is 30.7 Å². The Balaban J connectivity index is 2.10. The maximum Gasteiger partial charge on any atom is 0.207 e. The summed E-state index contributed by atoms with van der Waals surface area (Å²) in [7, 11) is 0. The first-order valence-electron chi connectivity index (χ1n) is 7.26. The van der Waals surface area contributed by atoms with Crippen molar-refractivity contribution in [2.45, 2.75) is 27.2 Å². The molecule has 0 unspecified atom stereocenters. The number of nitrogens with one attached hydrogen (secondary N) is 1. The monoisotopic (exact) mass is 291 g/mol. The SMILES string of the molecule is CCOCCCNc1nc(C)cn1-c1ccc(F)c(C)c1. The van der Waals surface area contributed by atoms with E-state index in [-0.39, 0.29) is 5.82 Å². The molecule has 0 radical (unpaired) electrons. The van der Waals surface area contributed by atoms with E-state index in [0.717, 1.165) is 43.5 Å². The molecule has 0 bridgehead atoms. The minimum absolute atomic E-state index is 0.193. The first kappa shape index (κ1) is 15.5. The van der Waals surface area contributed by atoms with Crippen LogP contribution in [0.25, 0.3) is 5.69 Å². The standard InChI is InChI=1S/C16H22FN3O/c1-4-21-9-5-8-18-16-19-13(3)11-20(16)14-6-7-15(17)12(2)10-14/h6-7,10-11H,4-5,8-9H2,1-3H3,(H,18,19). The Morgan fingerprint density at radius 2 is 2.14 bits per heavy atom. The molecule has 0 amide bonds. The maximum absolute atomic E-state index is 13.4. The molecule has 1 N–H and O–H groups in total. The number of hydrogen-bond acceptors (Lipinski definition) is 3. The van der Waals surface area contributed by atoms with Crippen LogP contribution in [0.2, 0.25) is 0 Å². The van der Waals surface area contributed by atoms with Crippen molar-refractivity contribution in [1.29, 1.82) is 0 Å². The number of halogens is 1. The number of ether oxygens (including phenoxy) is 1. The van der Waals surface area contributed by atoms with Crippen molar-refractivity contribution in [2.75, 3.05) is 25.1 Å². The largest absolute Gasteiger partial charge is 0.382 e. The number of rotatable bonds is 7. The van der Waals surface area contributed by atoms with Crippen LogP contribution in [0.1, 0.15) is 24.6 Å². The van der Waals surface area contributed by atoms with Crippen molar-refractivity contribution in [1.82, 2.24) is 9.55 Å². The van der Waals surface area contributed by atoms with E-state index in [1.165, 1.54) is 6.07 Å². The summed E-state index contributed by atoms with van der Waals surface area (Å²) in [6, 6.07) is 5.07. The highest BCUT2D eigenvalue weighted by atomic mass is 19.1. The van der Waals surface area contributed by atoms with Crippen LogP contribution in [-0.2, 0) is 4.74 Å². The zero-order valence-electron chi connectivity index (χ0n) is 12.8. The van der Waals surface area contributed by atoms with Gasteiger partial charge < -0.3 is 10.1 Å². The first-order chi connectivity index (χ1) is 10.1. The van der Waals surface area contributed by atoms with Gasteiger partial charge in [-0.2, -0.15) is 0 Å². The van der Waals surface area contributed by atoms with Gasteiger partial charge in [-0.3, -0.25) is 4.57 Å². The average Bonchev–Trinajstić information content (AvgIpc) is 2.83. The second-order valence-corrected chi connectivity index (χ2v) is 4.99. The number of nitrogens with zero attached hydrogens (tertiary/aromatic N) is 2. The highest BCUT2D eigenvalue weighted by Gasteiger charge is 2.08. The third kappa shape index (κ3) is 4.04. The number of hydrogen-bond donors (Lipinski definition) is 1. The van der Waals surface area contributed by atoms with Gasteiger partial charge in [0.25, 0.3) is 0 Å². The molecule has 0 spiro atoms. The fourth-order valence-electron chi connectivity index (χ4n) is 2.12. The predicted molar refractivity (Wildman–Crippen MR) is 82.6 cm³/mol. The van der Waals surface area contributed by atoms with E-state index in [2.05, 4.69) is 10.3 Å². The average molecular weight is 291 g/mol. The molecule has 0 atom stereocenters. The second kappa shape index (κ2) is 7.22. The Bertz CT molecular complexity index is 595. The molecular weight excluding hydrogens is 269 g/mol. The Morgan fingerprint density at radius 3 is 2.86 bits per heavy atom. The quantitative estimate of drug-likeness (QED) is 0.794. The van der Waals surface area contributed by atoms with E-state index in [4.69, 9.17) is 4.74 Å².